The van der Waals surface area contributed by atoms with Crippen molar-refractivity contribution in [1.82, 2.24) is 0 Å². The Kier molecular flexibility index (Phi) is 3.69. The smallest absolute Gasteiger partial charge is 0.239 e. The number of aryl methyl sites for hydroxylation is 1. The second-order valence-electron chi connectivity index (χ2n) is 5.52. The van der Waals surface area contributed by atoms with E-state index < -0.39 is 18.0 Å². The minimum Gasteiger partial charge on any atom is -0.459 e. The Hall–Kier alpha value is -1.14. The zero-order valence-electron chi connectivity index (χ0n) is 11.2. The molecule has 3 N–H and O–H groups in total. The summed E-state index contributed by atoms with van der Waals surface area (Å²) in [7, 11) is 0. The van der Waals surface area contributed by atoms with E-state index in [1.165, 1.54) is 0 Å². The van der Waals surface area contributed by atoms with Crippen LogP contribution in [0.25, 0.3) is 0 Å². The van der Waals surface area contributed by atoms with Crippen molar-refractivity contribution in [1.29, 1.82) is 0 Å². The second-order valence-corrected chi connectivity index (χ2v) is 5.52. The van der Waals surface area contributed by atoms with Crippen LogP contribution in [0.1, 0.15) is 24.8 Å². The molecule has 3 unspecified atom stereocenters. The number of fused-ring (bicyclic) bond motifs is 1. The van der Waals surface area contributed by atoms with E-state index in [4.69, 9.17) is 14.6 Å². The van der Waals surface area contributed by atoms with Crippen molar-refractivity contribution in [3.05, 3.63) is 29.8 Å². The predicted octanol–water partition coefficient (Wildman–Crippen LogP) is 0.601. The van der Waals surface area contributed by atoms with Crippen molar-refractivity contribution in [2.45, 2.75) is 49.8 Å². The maximum absolute atomic E-state index is 10.3. The zero-order chi connectivity index (χ0) is 14.2. The molecule has 5 nitrogen and oxygen atoms in total. The summed E-state index contributed by atoms with van der Waals surface area (Å²) in [5.74, 6) is -0.513. The fourth-order valence-electron chi connectivity index (χ4n) is 3.06. The summed E-state index contributed by atoms with van der Waals surface area (Å²) in [6.45, 7) is -0.0137. The van der Waals surface area contributed by atoms with Gasteiger partial charge in [-0.05, 0) is 24.5 Å². The van der Waals surface area contributed by atoms with Crippen molar-refractivity contribution in [3.8, 4) is 5.75 Å². The average molecular weight is 280 g/mol. The van der Waals surface area contributed by atoms with Gasteiger partial charge in [0, 0.05) is 19.4 Å². The summed E-state index contributed by atoms with van der Waals surface area (Å²) in [6, 6.07) is 7.64. The van der Waals surface area contributed by atoms with Crippen LogP contribution in [0.5, 0.6) is 5.75 Å². The van der Waals surface area contributed by atoms with E-state index in [-0.39, 0.29) is 12.7 Å². The molecule has 1 saturated heterocycles. The van der Waals surface area contributed by atoms with Gasteiger partial charge in [0.2, 0.25) is 5.79 Å². The Labute approximate surface area is 117 Å². The lowest BCUT2D eigenvalue weighted by molar-refractivity contribution is -0.315. The van der Waals surface area contributed by atoms with E-state index in [0.717, 1.165) is 12.0 Å². The zero-order valence-corrected chi connectivity index (χ0v) is 11.2. The average Bonchev–Trinajstić information content (AvgIpc) is 2.45. The first-order valence-corrected chi connectivity index (χ1v) is 7.06. The highest BCUT2D eigenvalue weighted by molar-refractivity contribution is 5.36. The fourth-order valence-corrected chi connectivity index (χ4v) is 3.06. The Balaban J connectivity index is 1.87. The molecule has 2 aliphatic heterocycles. The van der Waals surface area contributed by atoms with Crippen molar-refractivity contribution < 1.29 is 24.8 Å². The van der Waals surface area contributed by atoms with Crippen molar-refractivity contribution in [2.24, 2.45) is 0 Å². The van der Waals surface area contributed by atoms with Crippen LogP contribution in [0.3, 0.4) is 0 Å². The quantitative estimate of drug-likeness (QED) is 0.739. The molecule has 20 heavy (non-hydrogen) atoms. The van der Waals surface area contributed by atoms with E-state index in [1.54, 1.807) is 0 Å². The molecule has 1 fully saturated rings. The molecule has 2 aliphatic rings. The molecule has 0 aliphatic carbocycles. The Bertz CT molecular complexity index is 477. The SMILES string of the molecule is OCCC1CC(O)C(O)[C@@]2(CCc3ccccc3O2)O1. The number of rotatable bonds is 2. The van der Waals surface area contributed by atoms with Gasteiger partial charge < -0.3 is 24.8 Å². The van der Waals surface area contributed by atoms with Crippen molar-refractivity contribution in [2.75, 3.05) is 6.61 Å². The van der Waals surface area contributed by atoms with Gasteiger partial charge in [-0.3, -0.25) is 0 Å². The first kappa shape index (κ1) is 13.8. The third-order valence-corrected chi connectivity index (χ3v) is 4.13. The topological polar surface area (TPSA) is 79.2 Å². The maximum atomic E-state index is 10.3. The van der Waals surface area contributed by atoms with E-state index >= 15 is 0 Å². The minimum atomic E-state index is -1.20. The molecule has 5 heteroatoms. The standard InChI is InChI=1S/C15H20O5/c16-8-6-11-9-12(17)14(18)15(19-11)7-5-10-3-1-2-4-13(10)20-15/h1-4,11-12,14,16-18H,5-9H2/t11?,12?,14?,15-/m0/s1. The molecule has 0 bridgehead atoms. The van der Waals surface area contributed by atoms with E-state index in [9.17, 15) is 10.2 Å². The van der Waals surface area contributed by atoms with Crippen molar-refractivity contribution in [3.63, 3.8) is 0 Å². The molecule has 0 radical (unpaired) electrons. The van der Waals surface area contributed by atoms with Crippen LogP contribution in [-0.2, 0) is 11.2 Å². The number of hydrogen-bond donors (Lipinski definition) is 3. The van der Waals surface area contributed by atoms with Gasteiger partial charge in [0.15, 0.2) is 0 Å². The molecular weight excluding hydrogens is 260 g/mol. The van der Waals surface area contributed by atoms with Gasteiger partial charge in [-0.2, -0.15) is 0 Å². The number of para-hydroxylation sites is 1. The number of benzene rings is 1. The molecule has 2 heterocycles. The van der Waals surface area contributed by atoms with E-state index in [1.807, 2.05) is 24.3 Å². The number of hydrogen-bond acceptors (Lipinski definition) is 5. The minimum absolute atomic E-state index is 0.0137. The van der Waals surface area contributed by atoms with Crippen LogP contribution >= 0.6 is 0 Å². The molecule has 4 atom stereocenters. The van der Waals surface area contributed by atoms with Gasteiger partial charge in [-0.1, -0.05) is 18.2 Å². The second kappa shape index (κ2) is 5.33. The summed E-state index contributed by atoms with van der Waals surface area (Å²) in [4.78, 5) is 0. The highest BCUT2D eigenvalue weighted by Gasteiger charge is 2.52. The molecule has 1 aromatic carbocycles. The number of aliphatic hydroxyl groups is 3. The molecule has 0 amide bonds. The molecule has 3 rings (SSSR count). The highest BCUT2D eigenvalue weighted by atomic mass is 16.7. The van der Waals surface area contributed by atoms with Gasteiger partial charge in [0.05, 0.1) is 12.2 Å². The third-order valence-electron chi connectivity index (χ3n) is 4.13. The van der Waals surface area contributed by atoms with Gasteiger partial charge in [0.1, 0.15) is 11.9 Å². The Morgan fingerprint density at radius 3 is 2.85 bits per heavy atom. The fraction of sp³-hybridized carbons (Fsp3) is 0.600. The van der Waals surface area contributed by atoms with E-state index in [0.29, 0.717) is 25.0 Å². The Morgan fingerprint density at radius 2 is 2.05 bits per heavy atom. The summed E-state index contributed by atoms with van der Waals surface area (Å²) >= 11 is 0. The van der Waals surface area contributed by atoms with Gasteiger partial charge in [0.25, 0.3) is 0 Å². The summed E-state index contributed by atoms with van der Waals surface area (Å²) < 4.78 is 11.8. The molecule has 110 valence electrons. The van der Waals surface area contributed by atoms with Crippen LogP contribution < -0.4 is 4.74 Å². The van der Waals surface area contributed by atoms with Crippen LogP contribution in [-0.4, -0.2) is 46.0 Å². The van der Waals surface area contributed by atoms with Gasteiger partial charge in [-0.15, -0.1) is 0 Å². The lowest BCUT2D eigenvalue weighted by Crippen LogP contribution is -2.62. The van der Waals surface area contributed by atoms with Crippen LogP contribution in [0.15, 0.2) is 24.3 Å². The number of aliphatic hydroxyl groups excluding tert-OH is 3. The molecule has 0 aromatic heterocycles. The van der Waals surface area contributed by atoms with E-state index in [2.05, 4.69) is 0 Å². The normalized spacial score (nSPS) is 36.5. The number of ether oxygens (including phenoxy) is 2. The summed E-state index contributed by atoms with van der Waals surface area (Å²) in [6.07, 6.45) is -0.318. The Morgan fingerprint density at radius 1 is 1.25 bits per heavy atom. The van der Waals surface area contributed by atoms with Crippen LogP contribution in [0.4, 0.5) is 0 Å². The van der Waals surface area contributed by atoms with Gasteiger partial charge in [-0.25, -0.2) is 0 Å². The maximum Gasteiger partial charge on any atom is 0.239 e. The molecule has 0 saturated carbocycles. The third kappa shape index (κ3) is 2.31. The van der Waals surface area contributed by atoms with Crippen LogP contribution in [0.2, 0.25) is 0 Å². The predicted molar refractivity (Wildman–Crippen MR) is 71.3 cm³/mol. The lowest BCUT2D eigenvalue weighted by atomic mass is 9.88. The monoisotopic (exact) mass is 280 g/mol. The highest BCUT2D eigenvalue weighted by Crippen LogP contribution is 2.41. The molecular formula is C15H20O5. The molecule has 1 aromatic rings. The summed E-state index contributed by atoms with van der Waals surface area (Å²) in [5, 5.41) is 29.4. The lowest BCUT2D eigenvalue weighted by Gasteiger charge is -2.48. The van der Waals surface area contributed by atoms with Gasteiger partial charge >= 0.3 is 0 Å². The van der Waals surface area contributed by atoms with Crippen LogP contribution in [0, 0.1) is 0 Å². The summed E-state index contributed by atoms with van der Waals surface area (Å²) in [5.41, 5.74) is 1.08. The van der Waals surface area contributed by atoms with Crippen molar-refractivity contribution >= 4 is 0 Å². The largest absolute Gasteiger partial charge is 0.459 e. The first-order valence-electron chi connectivity index (χ1n) is 7.06. The molecule has 1 spiro atoms. The first-order chi connectivity index (χ1) is 9.64.